The highest BCUT2D eigenvalue weighted by atomic mass is 35.5. The van der Waals surface area contributed by atoms with Gasteiger partial charge in [0.2, 0.25) is 0 Å². The van der Waals surface area contributed by atoms with E-state index < -0.39 is 6.10 Å². The molecule has 0 aliphatic carbocycles. The Hall–Kier alpha value is -1.16. The molecule has 0 aliphatic heterocycles. The van der Waals surface area contributed by atoms with Crippen LogP contribution in [0.1, 0.15) is 29.9 Å². The predicted octanol–water partition coefficient (Wildman–Crippen LogP) is 4.38. The summed E-state index contributed by atoms with van der Waals surface area (Å²) >= 11 is 12.3. The van der Waals surface area contributed by atoms with Crippen LogP contribution in [0.15, 0.2) is 28.9 Å². The molecule has 0 saturated heterocycles. The summed E-state index contributed by atoms with van der Waals surface area (Å²) in [4.78, 5) is 0. The summed E-state index contributed by atoms with van der Waals surface area (Å²) in [6.45, 7) is 4.14. The summed E-state index contributed by atoms with van der Waals surface area (Å²) in [5.74, 6) is 1.16. The highest BCUT2D eigenvalue weighted by Gasteiger charge is 2.19. The van der Waals surface area contributed by atoms with E-state index in [2.05, 4.69) is 0 Å². The van der Waals surface area contributed by atoms with Gasteiger partial charge in [0.05, 0.1) is 22.9 Å². The minimum Gasteiger partial charge on any atom is -0.492 e. The largest absolute Gasteiger partial charge is 0.492 e. The van der Waals surface area contributed by atoms with Gasteiger partial charge in [-0.25, -0.2) is 0 Å². The van der Waals surface area contributed by atoms with Crippen LogP contribution in [0.4, 0.5) is 0 Å². The van der Waals surface area contributed by atoms with Crippen molar-refractivity contribution >= 4 is 23.2 Å². The minimum absolute atomic E-state index is 0.404. The Morgan fingerprint density at radius 3 is 2.58 bits per heavy atom. The summed E-state index contributed by atoms with van der Waals surface area (Å²) < 4.78 is 10.5. The van der Waals surface area contributed by atoms with Crippen molar-refractivity contribution in [1.82, 2.24) is 0 Å². The SMILES string of the molecule is CCOc1cc(Cl)c(C(O)c2ccoc2C)cc1Cl. The highest BCUT2D eigenvalue weighted by Crippen LogP contribution is 2.37. The molecule has 19 heavy (non-hydrogen) atoms. The zero-order valence-electron chi connectivity index (χ0n) is 10.6. The van der Waals surface area contributed by atoms with E-state index in [1.165, 1.54) is 6.26 Å². The van der Waals surface area contributed by atoms with E-state index in [1.54, 1.807) is 25.1 Å². The first-order valence-corrected chi connectivity index (χ1v) is 6.64. The second-order valence-electron chi connectivity index (χ2n) is 4.07. The maximum absolute atomic E-state index is 10.3. The van der Waals surface area contributed by atoms with E-state index in [-0.39, 0.29) is 0 Å². The number of ether oxygens (including phenoxy) is 1. The standard InChI is InChI=1S/C14H14Cl2O3/c1-3-18-13-7-11(15)10(6-12(13)16)14(17)9-4-5-19-8(9)2/h4-7,14,17H,3H2,1-2H3. The molecule has 1 aromatic carbocycles. The van der Waals surface area contributed by atoms with Crippen molar-refractivity contribution in [3.63, 3.8) is 0 Å². The van der Waals surface area contributed by atoms with Gasteiger partial charge >= 0.3 is 0 Å². The van der Waals surface area contributed by atoms with Gasteiger partial charge < -0.3 is 14.3 Å². The summed E-state index contributed by atoms with van der Waals surface area (Å²) in [5.41, 5.74) is 1.20. The van der Waals surface area contributed by atoms with E-state index in [9.17, 15) is 5.11 Å². The fraction of sp³-hybridized carbons (Fsp3) is 0.286. The average Bonchev–Trinajstić information content (AvgIpc) is 2.79. The zero-order valence-corrected chi connectivity index (χ0v) is 12.1. The molecule has 102 valence electrons. The Morgan fingerprint density at radius 2 is 2.00 bits per heavy atom. The number of benzene rings is 1. The number of hydrogen-bond acceptors (Lipinski definition) is 3. The second-order valence-corrected chi connectivity index (χ2v) is 4.89. The van der Waals surface area contributed by atoms with Crippen LogP contribution in [0.3, 0.4) is 0 Å². The number of furan rings is 1. The number of aliphatic hydroxyl groups is 1. The topological polar surface area (TPSA) is 42.6 Å². The van der Waals surface area contributed by atoms with Crippen LogP contribution >= 0.6 is 23.2 Å². The summed E-state index contributed by atoms with van der Waals surface area (Å²) in [7, 11) is 0. The van der Waals surface area contributed by atoms with Gasteiger partial charge in [-0.3, -0.25) is 0 Å². The normalized spacial score (nSPS) is 12.5. The molecule has 0 spiro atoms. The molecule has 1 heterocycles. The number of hydrogen-bond donors (Lipinski definition) is 1. The Balaban J connectivity index is 2.40. The fourth-order valence-corrected chi connectivity index (χ4v) is 2.35. The van der Waals surface area contributed by atoms with Crippen molar-refractivity contribution in [3.8, 4) is 5.75 Å². The molecule has 0 fully saturated rings. The van der Waals surface area contributed by atoms with Crippen LogP contribution in [0, 0.1) is 6.92 Å². The van der Waals surface area contributed by atoms with Crippen LogP contribution in [0.5, 0.6) is 5.75 Å². The van der Waals surface area contributed by atoms with Crippen LogP contribution in [-0.4, -0.2) is 11.7 Å². The van der Waals surface area contributed by atoms with Crippen LogP contribution in [0.2, 0.25) is 10.0 Å². The molecule has 1 aromatic heterocycles. The van der Waals surface area contributed by atoms with Gasteiger partial charge in [-0.2, -0.15) is 0 Å². The Bertz CT molecular complexity index is 578. The van der Waals surface area contributed by atoms with Crippen molar-refractivity contribution in [2.75, 3.05) is 6.61 Å². The van der Waals surface area contributed by atoms with Crippen molar-refractivity contribution in [3.05, 3.63) is 51.4 Å². The molecular weight excluding hydrogens is 287 g/mol. The zero-order chi connectivity index (χ0) is 14.0. The van der Waals surface area contributed by atoms with E-state index in [0.29, 0.717) is 39.3 Å². The quantitative estimate of drug-likeness (QED) is 0.911. The van der Waals surface area contributed by atoms with Crippen LogP contribution < -0.4 is 4.74 Å². The minimum atomic E-state index is -0.876. The Kier molecular flexibility index (Phi) is 4.40. The third-order valence-electron chi connectivity index (χ3n) is 2.84. The molecule has 1 unspecified atom stereocenters. The average molecular weight is 301 g/mol. The smallest absolute Gasteiger partial charge is 0.139 e. The lowest BCUT2D eigenvalue weighted by molar-refractivity contribution is 0.218. The van der Waals surface area contributed by atoms with E-state index in [4.69, 9.17) is 32.4 Å². The van der Waals surface area contributed by atoms with Gasteiger partial charge in [-0.05, 0) is 26.0 Å². The van der Waals surface area contributed by atoms with Gasteiger partial charge in [0.1, 0.15) is 17.6 Å². The van der Waals surface area contributed by atoms with Gasteiger partial charge in [-0.1, -0.05) is 23.2 Å². The monoisotopic (exact) mass is 300 g/mol. The summed E-state index contributed by atoms with van der Waals surface area (Å²) in [5, 5.41) is 11.2. The predicted molar refractivity (Wildman–Crippen MR) is 75.1 cm³/mol. The van der Waals surface area contributed by atoms with Crippen molar-refractivity contribution in [1.29, 1.82) is 0 Å². The fourth-order valence-electron chi connectivity index (χ4n) is 1.87. The molecule has 0 amide bonds. The van der Waals surface area contributed by atoms with Gasteiger partial charge in [0.15, 0.2) is 0 Å². The summed E-state index contributed by atoms with van der Waals surface area (Å²) in [6, 6.07) is 4.94. The number of aliphatic hydroxyl groups excluding tert-OH is 1. The second kappa shape index (κ2) is 5.87. The molecule has 1 N–H and O–H groups in total. The molecule has 0 radical (unpaired) electrons. The van der Waals surface area contributed by atoms with E-state index >= 15 is 0 Å². The molecule has 2 aromatic rings. The lowest BCUT2D eigenvalue weighted by atomic mass is 10.0. The van der Waals surface area contributed by atoms with Crippen molar-refractivity contribution in [2.24, 2.45) is 0 Å². The van der Waals surface area contributed by atoms with Crippen LogP contribution in [0.25, 0.3) is 0 Å². The molecular formula is C14H14Cl2O3. The lowest BCUT2D eigenvalue weighted by Crippen LogP contribution is -2.02. The maximum Gasteiger partial charge on any atom is 0.139 e. The Labute approximate surface area is 121 Å². The third-order valence-corrected chi connectivity index (χ3v) is 3.46. The first-order chi connectivity index (χ1) is 9.04. The van der Waals surface area contributed by atoms with Gasteiger partial charge in [0.25, 0.3) is 0 Å². The Morgan fingerprint density at radius 1 is 1.26 bits per heavy atom. The molecule has 0 bridgehead atoms. The molecule has 1 atom stereocenters. The maximum atomic E-state index is 10.3. The first-order valence-electron chi connectivity index (χ1n) is 5.88. The van der Waals surface area contributed by atoms with Crippen LogP contribution in [-0.2, 0) is 0 Å². The molecule has 5 heteroatoms. The number of rotatable bonds is 4. The number of aryl methyl sites for hydroxylation is 1. The molecule has 2 rings (SSSR count). The summed E-state index contributed by atoms with van der Waals surface area (Å²) in [6.07, 6.45) is 0.650. The van der Waals surface area contributed by atoms with E-state index in [0.717, 1.165) is 0 Å². The highest BCUT2D eigenvalue weighted by molar-refractivity contribution is 6.34. The molecule has 3 nitrogen and oxygen atoms in total. The number of halogens is 2. The lowest BCUT2D eigenvalue weighted by Gasteiger charge is -2.15. The van der Waals surface area contributed by atoms with Gasteiger partial charge in [0, 0.05) is 17.2 Å². The van der Waals surface area contributed by atoms with Crippen molar-refractivity contribution < 1.29 is 14.3 Å². The third kappa shape index (κ3) is 2.89. The van der Waals surface area contributed by atoms with Gasteiger partial charge in [-0.15, -0.1) is 0 Å². The molecule has 0 saturated carbocycles. The van der Waals surface area contributed by atoms with Crippen molar-refractivity contribution in [2.45, 2.75) is 20.0 Å². The van der Waals surface area contributed by atoms with E-state index in [1.807, 2.05) is 6.92 Å². The first kappa shape index (κ1) is 14.3. The molecule has 0 aliphatic rings.